The number of benzene rings is 1. The Kier molecular flexibility index (Phi) is 3.29. The summed E-state index contributed by atoms with van der Waals surface area (Å²) in [5, 5.41) is 18.8. The molecule has 94 valence electrons. The van der Waals surface area contributed by atoms with E-state index in [0.29, 0.717) is 11.2 Å². The molecule has 0 spiro atoms. The smallest absolute Gasteiger partial charge is 0.161 e. The van der Waals surface area contributed by atoms with Crippen LogP contribution in [0.3, 0.4) is 0 Å². The molecule has 2 rings (SSSR count). The van der Waals surface area contributed by atoms with E-state index < -0.39 is 0 Å². The van der Waals surface area contributed by atoms with E-state index in [0.717, 1.165) is 24.8 Å². The van der Waals surface area contributed by atoms with E-state index in [2.05, 4.69) is 13.8 Å². The van der Waals surface area contributed by atoms with Crippen molar-refractivity contribution in [1.82, 2.24) is 0 Å². The minimum atomic E-state index is -0.0349. The molecule has 0 aliphatic heterocycles. The summed E-state index contributed by atoms with van der Waals surface area (Å²) in [5.41, 5.74) is 1.09. The molecule has 0 amide bonds. The molecule has 1 aliphatic carbocycles. The Bertz CT molecular complexity index is 398. The van der Waals surface area contributed by atoms with Gasteiger partial charge in [0.1, 0.15) is 0 Å². The molecule has 1 unspecified atom stereocenters. The Balaban J connectivity index is 2.08. The SMILES string of the molecule is CC1(C)CCC(Oc2cc(CO)ccc2O)C1. The lowest BCUT2D eigenvalue weighted by Gasteiger charge is -2.18. The highest BCUT2D eigenvalue weighted by molar-refractivity contribution is 5.41. The number of hydrogen-bond donors (Lipinski definition) is 2. The number of aliphatic hydroxyl groups excluding tert-OH is 1. The summed E-state index contributed by atoms with van der Waals surface area (Å²) in [6.45, 7) is 4.44. The van der Waals surface area contributed by atoms with Gasteiger partial charge in [-0.25, -0.2) is 0 Å². The molecule has 2 N–H and O–H groups in total. The Morgan fingerprint density at radius 1 is 1.41 bits per heavy atom. The van der Waals surface area contributed by atoms with Crippen LogP contribution in [0, 0.1) is 5.41 Å². The summed E-state index contributed by atoms with van der Waals surface area (Å²) in [7, 11) is 0. The summed E-state index contributed by atoms with van der Waals surface area (Å²) < 4.78 is 5.82. The zero-order chi connectivity index (χ0) is 12.5. The molecule has 1 atom stereocenters. The molecule has 1 aromatic rings. The molecule has 0 bridgehead atoms. The minimum absolute atomic E-state index is 0.0349. The summed E-state index contributed by atoms with van der Waals surface area (Å²) in [6.07, 6.45) is 3.36. The number of ether oxygens (including phenoxy) is 1. The summed E-state index contributed by atoms with van der Waals surface area (Å²) in [6, 6.07) is 4.97. The molecular formula is C14H20O3. The maximum Gasteiger partial charge on any atom is 0.161 e. The second-order valence-corrected chi connectivity index (χ2v) is 5.61. The maximum atomic E-state index is 9.71. The monoisotopic (exact) mass is 236 g/mol. The van der Waals surface area contributed by atoms with Crippen molar-refractivity contribution in [2.45, 2.75) is 45.8 Å². The average Bonchev–Trinajstić information content (AvgIpc) is 2.61. The van der Waals surface area contributed by atoms with E-state index in [1.165, 1.54) is 0 Å². The highest BCUT2D eigenvalue weighted by Crippen LogP contribution is 2.40. The highest BCUT2D eigenvalue weighted by atomic mass is 16.5. The third-order valence-electron chi connectivity index (χ3n) is 3.42. The number of aromatic hydroxyl groups is 1. The molecule has 1 fully saturated rings. The highest BCUT2D eigenvalue weighted by Gasteiger charge is 2.32. The third kappa shape index (κ3) is 2.91. The van der Waals surface area contributed by atoms with E-state index >= 15 is 0 Å². The molecule has 1 saturated carbocycles. The topological polar surface area (TPSA) is 49.7 Å². The molecular weight excluding hydrogens is 216 g/mol. The fraction of sp³-hybridized carbons (Fsp3) is 0.571. The van der Waals surface area contributed by atoms with Crippen LogP contribution >= 0.6 is 0 Å². The first-order valence-electron chi connectivity index (χ1n) is 6.09. The zero-order valence-electron chi connectivity index (χ0n) is 10.4. The van der Waals surface area contributed by atoms with Crippen LogP contribution < -0.4 is 4.74 Å². The fourth-order valence-electron chi connectivity index (χ4n) is 2.40. The number of hydrogen-bond acceptors (Lipinski definition) is 3. The first-order chi connectivity index (χ1) is 8.00. The second-order valence-electron chi connectivity index (χ2n) is 5.61. The minimum Gasteiger partial charge on any atom is -0.504 e. The van der Waals surface area contributed by atoms with Crippen LogP contribution in [0.15, 0.2) is 18.2 Å². The molecule has 1 aromatic carbocycles. The predicted molar refractivity (Wildman–Crippen MR) is 66.1 cm³/mol. The fourth-order valence-corrected chi connectivity index (χ4v) is 2.40. The molecule has 1 aliphatic rings. The van der Waals surface area contributed by atoms with Gasteiger partial charge >= 0.3 is 0 Å². The van der Waals surface area contributed by atoms with E-state index in [4.69, 9.17) is 9.84 Å². The third-order valence-corrected chi connectivity index (χ3v) is 3.42. The first-order valence-corrected chi connectivity index (χ1v) is 6.09. The van der Waals surface area contributed by atoms with Gasteiger partial charge in [-0.2, -0.15) is 0 Å². The molecule has 0 heterocycles. The van der Waals surface area contributed by atoms with Gasteiger partial charge in [0.25, 0.3) is 0 Å². The second kappa shape index (κ2) is 4.57. The number of rotatable bonds is 3. The lowest BCUT2D eigenvalue weighted by molar-refractivity contribution is 0.185. The summed E-state index contributed by atoms with van der Waals surface area (Å²) >= 11 is 0. The van der Waals surface area contributed by atoms with E-state index in [1.54, 1.807) is 18.2 Å². The van der Waals surface area contributed by atoms with Crippen molar-refractivity contribution >= 4 is 0 Å². The van der Waals surface area contributed by atoms with Gasteiger partial charge in [0.2, 0.25) is 0 Å². The van der Waals surface area contributed by atoms with Crippen molar-refractivity contribution in [3.63, 3.8) is 0 Å². The maximum absolute atomic E-state index is 9.71. The van der Waals surface area contributed by atoms with Crippen LogP contribution in [0.2, 0.25) is 0 Å². The van der Waals surface area contributed by atoms with Gasteiger partial charge < -0.3 is 14.9 Å². The zero-order valence-corrected chi connectivity index (χ0v) is 10.4. The van der Waals surface area contributed by atoms with E-state index in [9.17, 15) is 5.11 Å². The number of aliphatic hydroxyl groups is 1. The van der Waals surface area contributed by atoms with Gasteiger partial charge in [-0.1, -0.05) is 19.9 Å². The van der Waals surface area contributed by atoms with Crippen LogP contribution in [0.4, 0.5) is 0 Å². The van der Waals surface area contributed by atoms with Crippen molar-refractivity contribution in [1.29, 1.82) is 0 Å². The van der Waals surface area contributed by atoms with Crippen LogP contribution in [-0.4, -0.2) is 16.3 Å². The molecule has 0 saturated heterocycles. The Hall–Kier alpha value is -1.22. The van der Waals surface area contributed by atoms with Gasteiger partial charge in [0, 0.05) is 0 Å². The van der Waals surface area contributed by atoms with Crippen molar-refractivity contribution in [3.05, 3.63) is 23.8 Å². The lowest BCUT2D eigenvalue weighted by atomic mass is 9.92. The molecule has 3 nitrogen and oxygen atoms in total. The Morgan fingerprint density at radius 3 is 2.76 bits per heavy atom. The van der Waals surface area contributed by atoms with E-state index in [1.807, 2.05) is 0 Å². The van der Waals surface area contributed by atoms with Crippen LogP contribution in [0.25, 0.3) is 0 Å². The number of phenolic OH excluding ortho intramolecular Hbond substituents is 1. The molecule has 0 aromatic heterocycles. The van der Waals surface area contributed by atoms with Gasteiger partial charge in [-0.15, -0.1) is 0 Å². The van der Waals surface area contributed by atoms with Gasteiger partial charge in [-0.3, -0.25) is 0 Å². The van der Waals surface area contributed by atoms with Gasteiger partial charge in [-0.05, 0) is 42.4 Å². The van der Waals surface area contributed by atoms with Crippen molar-refractivity contribution in [3.8, 4) is 11.5 Å². The first kappa shape index (κ1) is 12.2. The molecule has 17 heavy (non-hydrogen) atoms. The molecule has 3 heteroatoms. The molecule has 0 radical (unpaired) electrons. The normalized spacial score (nSPS) is 22.6. The van der Waals surface area contributed by atoms with Crippen LogP contribution in [0.1, 0.15) is 38.7 Å². The predicted octanol–water partition coefficient (Wildman–Crippen LogP) is 2.84. The van der Waals surface area contributed by atoms with E-state index in [-0.39, 0.29) is 18.5 Å². The van der Waals surface area contributed by atoms with Gasteiger partial charge in [0.15, 0.2) is 11.5 Å². The van der Waals surface area contributed by atoms with Crippen molar-refractivity contribution < 1.29 is 14.9 Å². The number of phenols is 1. The standard InChI is InChI=1S/C14H20O3/c1-14(2)6-5-11(8-14)17-13-7-10(9-15)3-4-12(13)16/h3-4,7,11,15-16H,5-6,8-9H2,1-2H3. The lowest BCUT2D eigenvalue weighted by Crippen LogP contribution is -2.15. The summed E-state index contributed by atoms with van der Waals surface area (Å²) in [5.74, 6) is 0.631. The largest absolute Gasteiger partial charge is 0.504 e. The average molecular weight is 236 g/mol. The quantitative estimate of drug-likeness (QED) is 0.848. The Labute approximate surface area is 102 Å². The van der Waals surface area contributed by atoms with Crippen LogP contribution in [-0.2, 0) is 6.61 Å². The van der Waals surface area contributed by atoms with Crippen LogP contribution in [0.5, 0.6) is 11.5 Å². The Morgan fingerprint density at radius 2 is 2.18 bits per heavy atom. The summed E-state index contributed by atoms with van der Waals surface area (Å²) in [4.78, 5) is 0. The van der Waals surface area contributed by atoms with Crippen molar-refractivity contribution in [2.75, 3.05) is 0 Å². The van der Waals surface area contributed by atoms with Crippen molar-refractivity contribution in [2.24, 2.45) is 5.41 Å². The van der Waals surface area contributed by atoms with Gasteiger partial charge in [0.05, 0.1) is 12.7 Å².